The number of carbonyl (C=O) groups is 1. The van der Waals surface area contributed by atoms with E-state index < -0.39 is 0 Å². The van der Waals surface area contributed by atoms with Crippen LogP contribution in [0.15, 0.2) is 42.1 Å². The molecule has 1 amide bonds. The fourth-order valence-corrected chi connectivity index (χ4v) is 3.63. The summed E-state index contributed by atoms with van der Waals surface area (Å²) in [4.78, 5) is 14.5. The van der Waals surface area contributed by atoms with Crippen LogP contribution in [0.5, 0.6) is 0 Å². The number of nitrogens with one attached hydrogen (secondary N) is 1. The molecule has 1 N–H and O–H groups in total. The summed E-state index contributed by atoms with van der Waals surface area (Å²) in [5, 5.41) is 3.02. The normalized spacial score (nSPS) is 21.5. The van der Waals surface area contributed by atoms with Gasteiger partial charge in [-0.25, -0.2) is 0 Å². The van der Waals surface area contributed by atoms with Crippen molar-refractivity contribution in [1.29, 1.82) is 0 Å². The number of halogens is 1. The van der Waals surface area contributed by atoms with E-state index in [4.69, 9.17) is 4.74 Å². The minimum atomic E-state index is -0.247. The Labute approximate surface area is 155 Å². The predicted molar refractivity (Wildman–Crippen MR) is 101 cm³/mol. The number of hydrogen-bond acceptors (Lipinski definition) is 3. The highest BCUT2D eigenvalue weighted by atomic mass is 35.5. The van der Waals surface area contributed by atoms with Gasteiger partial charge in [0.05, 0.1) is 0 Å². The summed E-state index contributed by atoms with van der Waals surface area (Å²) >= 11 is 0. The molecule has 1 aliphatic carbocycles. The van der Waals surface area contributed by atoms with Crippen LogP contribution in [0.3, 0.4) is 0 Å². The average Bonchev–Trinajstić information content (AvgIpc) is 3.01. The van der Waals surface area contributed by atoms with Crippen LogP contribution < -0.4 is 5.32 Å². The van der Waals surface area contributed by atoms with Crippen LogP contribution in [0, 0.1) is 0 Å². The Morgan fingerprint density at radius 3 is 2.72 bits per heavy atom. The number of allylic oxidation sites excluding steroid dienone is 3. The smallest absolute Gasteiger partial charge is 0.249 e. The minimum absolute atomic E-state index is 0. The van der Waals surface area contributed by atoms with Crippen LogP contribution in [-0.4, -0.2) is 36.6 Å². The molecule has 5 heteroatoms. The molecule has 0 saturated carbocycles. The molecule has 134 valence electrons. The van der Waals surface area contributed by atoms with Gasteiger partial charge in [-0.05, 0) is 54.5 Å². The Hall–Kier alpha value is -1.78. The van der Waals surface area contributed by atoms with E-state index >= 15 is 0 Å². The van der Waals surface area contributed by atoms with E-state index in [1.807, 2.05) is 0 Å². The number of benzene rings is 1. The Balaban J connectivity index is 0.00000182. The van der Waals surface area contributed by atoms with Gasteiger partial charge in [-0.3, -0.25) is 4.79 Å². The number of fused-ring (bicyclic) bond motifs is 1. The van der Waals surface area contributed by atoms with E-state index in [0.717, 1.165) is 38.8 Å². The highest BCUT2D eigenvalue weighted by molar-refractivity contribution is 5.85. The maximum absolute atomic E-state index is 12.1. The summed E-state index contributed by atoms with van der Waals surface area (Å²) in [5.74, 6) is 0.0253. The first kappa shape index (κ1) is 18.0. The summed E-state index contributed by atoms with van der Waals surface area (Å²) in [6, 6.07) is 6.64. The number of rotatable bonds is 4. The third-order valence-electron chi connectivity index (χ3n) is 5.16. The molecule has 0 aromatic heterocycles. The van der Waals surface area contributed by atoms with E-state index in [0.29, 0.717) is 13.2 Å². The fraction of sp³-hybridized carbons (Fsp3) is 0.450. The fourth-order valence-electron chi connectivity index (χ4n) is 3.63. The molecule has 0 bridgehead atoms. The van der Waals surface area contributed by atoms with Gasteiger partial charge in [0, 0.05) is 31.9 Å². The van der Waals surface area contributed by atoms with Crippen LogP contribution in [0.4, 0.5) is 0 Å². The number of amides is 1. The van der Waals surface area contributed by atoms with Gasteiger partial charge in [-0.1, -0.05) is 24.3 Å². The molecule has 0 radical (unpaired) electrons. The van der Waals surface area contributed by atoms with Gasteiger partial charge in [0.25, 0.3) is 0 Å². The zero-order valence-electron chi connectivity index (χ0n) is 14.4. The zero-order chi connectivity index (χ0) is 16.4. The van der Waals surface area contributed by atoms with Crippen molar-refractivity contribution in [2.45, 2.75) is 38.3 Å². The van der Waals surface area contributed by atoms with E-state index in [2.05, 4.69) is 46.6 Å². The molecule has 1 saturated heterocycles. The zero-order valence-corrected chi connectivity index (χ0v) is 15.2. The van der Waals surface area contributed by atoms with E-state index in [1.54, 1.807) is 0 Å². The van der Waals surface area contributed by atoms with Crippen molar-refractivity contribution in [3.8, 4) is 0 Å². The Bertz CT molecular complexity index is 693. The third-order valence-corrected chi connectivity index (χ3v) is 5.16. The third kappa shape index (κ3) is 4.07. The van der Waals surface area contributed by atoms with Gasteiger partial charge in [-0.15, -0.1) is 12.4 Å². The lowest BCUT2D eigenvalue weighted by molar-refractivity contribution is -0.130. The number of carbonyl (C=O) groups excluding carboxylic acids is 1. The lowest BCUT2D eigenvalue weighted by atomic mass is 10.00. The van der Waals surface area contributed by atoms with Crippen molar-refractivity contribution in [1.82, 2.24) is 10.2 Å². The lowest BCUT2D eigenvalue weighted by Gasteiger charge is -2.26. The summed E-state index contributed by atoms with van der Waals surface area (Å²) in [5.41, 5.74) is 5.39. The Kier molecular flexibility index (Phi) is 5.82. The molecule has 0 spiro atoms. The van der Waals surface area contributed by atoms with Crippen LogP contribution in [0.25, 0.3) is 0 Å². The summed E-state index contributed by atoms with van der Waals surface area (Å²) in [6.45, 7) is 3.44. The van der Waals surface area contributed by atoms with Crippen LogP contribution >= 0.6 is 12.4 Å². The lowest BCUT2D eigenvalue weighted by Crippen LogP contribution is -2.33. The SMILES string of the molecule is Cl.O=C(NCc1ccc2c(c1)CCN(C1=CC=C1)CC2)[C@@H]1CCCO1. The molecule has 1 fully saturated rings. The molecule has 25 heavy (non-hydrogen) atoms. The summed E-state index contributed by atoms with van der Waals surface area (Å²) in [6.07, 6.45) is 10.2. The largest absolute Gasteiger partial charge is 0.371 e. The van der Waals surface area contributed by atoms with Crippen molar-refractivity contribution in [3.05, 3.63) is 58.8 Å². The molecule has 0 unspecified atom stereocenters. The second-order valence-electron chi connectivity index (χ2n) is 6.76. The highest BCUT2D eigenvalue weighted by Gasteiger charge is 2.23. The average molecular weight is 361 g/mol. The summed E-state index contributed by atoms with van der Waals surface area (Å²) in [7, 11) is 0. The highest BCUT2D eigenvalue weighted by Crippen LogP contribution is 2.22. The van der Waals surface area contributed by atoms with Gasteiger partial charge in [0.1, 0.15) is 6.10 Å². The van der Waals surface area contributed by atoms with Crippen LogP contribution in [-0.2, 0) is 28.9 Å². The Morgan fingerprint density at radius 2 is 2.04 bits per heavy atom. The molecule has 4 nitrogen and oxygen atoms in total. The van der Waals surface area contributed by atoms with Gasteiger partial charge >= 0.3 is 0 Å². The summed E-state index contributed by atoms with van der Waals surface area (Å²) < 4.78 is 5.43. The number of ether oxygens (including phenoxy) is 1. The van der Waals surface area contributed by atoms with E-state index in [-0.39, 0.29) is 24.4 Å². The quantitative estimate of drug-likeness (QED) is 0.897. The molecular formula is C20H25ClN2O2. The molecular weight excluding hydrogens is 336 g/mol. The second-order valence-corrected chi connectivity index (χ2v) is 6.76. The standard InChI is InChI=1S/C20H24N2O2.ClH/c23-20(19-5-2-12-24-19)21-14-15-6-7-16-8-10-22(18-3-1-4-18)11-9-17(16)13-15;/h1,3-4,6-7,13,19H,2,5,8-12,14H2,(H,21,23);1H/t19-;/m0./s1. The topological polar surface area (TPSA) is 41.6 Å². The molecule has 1 aromatic carbocycles. The van der Waals surface area contributed by atoms with Gasteiger partial charge in [-0.2, -0.15) is 0 Å². The molecule has 4 rings (SSSR count). The van der Waals surface area contributed by atoms with Crippen molar-refractivity contribution in [2.24, 2.45) is 0 Å². The minimum Gasteiger partial charge on any atom is -0.371 e. The first-order valence-electron chi connectivity index (χ1n) is 8.93. The number of hydrogen-bond donors (Lipinski definition) is 1. The predicted octanol–water partition coefficient (Wildman–Crippen LogP) is 2.76. The molecule has 2 heterocycles. The van der Waals surface area contributed by atoms with Gasteiger partial charge in [0.2, 0.25) is 5.91 Å². The van der Waals surface area contributed by atoms with Crippen molar-refractivity contribution in [3.63, 3.8) is 0 Å². The second kappa shape index (κ2) is 8.07. The van der Waals surface area contributed by atoms with Gasteiger partial charge < -0.3 is 15.0 Å². The first-order chi connectivity index (χ1) is 11.8. The van der Waals surface area contributed by atoms with Crippen LogP contribution in [0.1, 0.15) is 29.5 Å². The van der Waals surface area contributed by atoms with E-state index in [9.17, 15) is 4.79 Å². The Morgan fingerprint density at radius 1 is 1.24 bits per heavy atom. The van der Waals surface area contributed by atoms with Crippen molar-refractivity contribution < 1.29 is 9.53 Å². The monoisotopic (exact) mass is 360 g/mol. The van der Waals surface area contributed by atoms with Crippen molar-refractivity contribution >= 4 is 18.3 Å². The van der Waals surface area contributed by atoms with Crippen molar-refractivity contribution in [2.75, 3.05) is 19.7 Å². The maximum atomic E-state index is 12.1. The van der Waals surface area contributed by atoms with Gasteiger partial charge in [0.15, 0.2) is 0 Å². The number of nitrogens with zero attached hydrogens (tertiary/aromatic N) is 1. The van der Waals surface area contributed by atoms with Crippen LogP contribution in [0.2, 0.25) is 0 Å². The maximum Gasteiger partial charge on any atom is 0.249 e. The molecule has 2 aliphatic heterocycles. The molecule has 3 aliphatic rings. The molecule has 1 atom stereocenters. The van der Waals surface area contributed by atoms with E-state index in [1.165, 1.54) is 22.4 Å². The first-order valence-corrected chi connectivity index (χ1v) is 8.93. The molecule has 1 aromatic rings.